The summed E-state index contributed by atoms with van der Waals surface area (Å²) < 4.78 is 1.94. The van der Waals surface area contributed by atoms with E-state index in [1.165, 1.54) is 11.1 Å². The lowest BCUT2D eigenvalue weighted by Crippen LogP contribution is -2.39. The second-order valence-electron chi connectivity index (χ2n) is 9.36. The van der Waals surface area contributed by atoms with Gasteiger partial charge in [-0.15, -0.1) is 10.2 Å². The maximum atomic E-state index is 13.7. The number of allylic oxidation sites excluding steroid dienone is 2. The summed E-state index contributed by atoms with van der Waals surface area (Å²) in [6.07, 6.45) is 14.4. The maximum Gasteiger partial charge on any atom is 0.272 e. The molecule has 37 heavy (non-hydrogen) atoms. The Bertz CT molecular complexity index is 1420. The molecule has 2 atom stereocenters. The van der Waals surface area contributed by atoms with Crippen LogP contribution < -0.4 is 0 Å². The Morgan fingerprint density at radius 1 is 1.03 bits per heavy atom. The number of nitriles is 1. The molecule has 184 valence electrons. The van der Waals surface area contributed by atoms with E-state index in [0.717, 1.165) is 12.0 Å². The van der Waals surface area contributed by atoms with Gasteiger partial charge in [0.1, 0.15) is 12.0 Å². The second kappa shape index (κ2) is 11.0. The van der Waals surface area contributed by atoms with Crippen LogP contribution in [0.5, 0.6) is 0 Å². The van der Waals surface area contributed by atoms with E-state index in [-0.39, 0.29) is 17.9 Å². The average molecular weight is 489 g/mol. The molecule has 2 aromatic carbocycles. The number of dihydropyridines is 1. The number of nitrogens with zero attached hydrogens (tertiary/aromatic N) is 6. The van der Waals surface area contributed by atoms with Crippen LogP contribution in [0.1, 0.15) is 28.1 Å². The summed E-state index contributed by atoms with van der Waals surface area (Å²) in [6.45, 7) is 3.46. The highest BCUT2D eigenvalue weighted by molar-refractivity contribution is 6.43. The van der Waals surface area contributed by atoms with E-state index in [1.807, 2.05) is 45.9 Å². The SMILES string of the molecule is Cc1ccc(CCN(Cc2nncn2Cc2ccc(C#N)cc2)C(=O)C2=NC3C=CC=CC3C=C2)cc1. The first-order chi connectivity index (χ1) is 18.1. The van der Waals surface area contributed by atoms with Gasteiger partial charge in [-0.2, -0.15) is 5.26 Å². The van der Waals surface area contributed by atoms with Crippen LogP contribution in [0.25, 0.3) is 0 Å². The third-order valence-corrected chi connectivity index (χ3v) is 6.67. The van der Waals surface area contributed by atoms with Gasteiger partial charge >= 0.3 is 0 Å². The molecule has 0 N–H and O–H groups in total. The molecular weight excluding hydrogens is 460 g/mol. The number of carbonyl (C=O) groups excluding carboxylic acids is 1. The monoisotopic (exact) mass is 488 g/mol. The van der Waals surface area contributed by atoms with Crippen molar-refractivity contribution < 1.29 is 4.79 Å². The van der Waals surface area contributed by atoms with Gasteiger partial charge < -0.3 is 9.47 Å². The van der Waals surface area contributed by atoms with Crippen molar-refractivity contribution in [3.05, 3.63) is 119 Å². The summed E-state index contributed by atoms with van der Waals surface area (Å²) in [7, 11) is 0. The minimum absolute atomic E-state index is 0.0482. The van der Waals surface area contributed by atoms with Crippen LogP contribution in [-0.4, -0.2) is 43.9 Å². The molecule has 7 heteroatoms. The highest BCUT2D eigenvalue weighted by Crippen LogP contribution is 2.22. The summed E-state index contributed by atoms with van der Waals surface area (Å²) in [6, 6.07) is 17.9. The van der Waals surface area contributed by atoms with Crippen LogP contribution >= 0.6 is 0 Å². The lowest BCUT2D eigenvalue weighted by molar-refractivity contribution is -0.124. The van der Waals surface area contributed by atoms with Gasteiger partial charge in [-0.1, -0.05) is 72.3 Å². The van der Waals surface area contributed by atoms with Gasteiger partial charge in [0.25, 0.3) is 5.91 Å². The molecule has 2 heterocycles. The van der Waals surface area contributed by atoms with Crippen LogP contribution in [0.4, 0.5) is 0 Å². The normalized spacial score (nSPS) is 17.7. The molecule has 2 unspecified atom stereocenters. The lowest BCUT2D eigenvalue weighted by Gasteiger charge is -2.26. The summed E-state index contributed by atoms with van der Waals surface area (Å²) in [5.41, 5.74) is 4.48. The number of amides is 1. The molecule has 0 radical (unpaired) electrons. The Labute approximate surface area is 216 Å². The Morgan fingerprint density at radius 2 is 1.78 bits per heavy atom. The van der Waals surface area contributed by atoms with Gasteiger partial charge in [0.2, 0.25) is 0 Å². The highest BCUT2D eigenvalue weighted by atomic mass is 16.2. The Morgan fingerprint density at radius 3 is 2.57 bits per heavy atom. The number of hydrogen-bond donors (Lipinski definition) is 0. The molecule has 0 saturated carbocycles. The van der Waals surface area contributed by atoms with Crippen molar-refractivity contribution in [2.45, 2.75) is 32.5 Å². The summed E-state index contributed by atoms with van der Waals surface area (Å²) in [4.78, 5) is 20.3. The van der Waals surface area contributed by atoms with Crippen molar-refractivity contribution in [1.82, 2.24) is 19.7 Å². The van der Waals surface area contributed by atoms with E-state index in [9.17, 15) is 4.79 Å². The Hall–Kier alpha value is -4.57. The number of benzene rings is 2. The summed E-state index contributed by atoms with van der Waals surface area (Å²) in [5, 5.41) is 17.5. The van der Waals surface area contributed by atoms with E-state index >= 15 is 0 Å². The molecule has 5 rings (SSSR count). The molecular formula is C30H28N6O. The van der Waals surface area contributed by atoms with E-state index < -0.39 is 0 Å². The van der Waals surface area contributed by atoms with Crippen molar-refractivity contribution in [1.29, 1.82) is 5.26 Å². The zero-order chi connectivity index (χ0) is 25.6. The van der Waals surface area contributed by atoms with Crippen molar-refractivity contribution in [2.75, 3.05) is 6.54 Å². The maximum absolute atomic E-state index is 13.7. The minimum Gasteiger partial charge on any atom is -0.329 e. The standard InChI is InChI=1S/C30H28N6O/c1-22-6-8-23(9-7-22)16-17-35(30(37)28-15-14-26-4-2-3-5-27(26)33-28)20-29-34-32-21-36(29)19-25-12-10-24(18-31)11-13-25/h2-15,21,26-27H,16-17,19-20H2,1H3. The van der Waals surface area contributed by atoms with E-state index in [2.05, 4.69) is 59.6 Å². The van der Waals surface area contributed by atoms with Gasteiger partial charge in [0, 0.05) is 12.5 Å². The van der Waals surface area contributed by atoms with Crippen molar-refractivity contribution in [3.63, 3.8) is 0 Å². The van der Waals surface area contributed by atoms with Crippen LogP contribution in [0, 0.1) is 24.2 Å². The van der Waals surface area contributed by atoms with Gasteiger partial charge in [0.15, 0.2) is 5.82 Å². The number of aryl methyl sites for hydroxylation is 1. The highest BCUT2D eigenvalue weighted by Gasteiger charge is 2.26. The van der Waals surface area contributed by atoms with E-state index in [1.54, 1.807) is 18.5 Å². The Balaban J connectivity index is 1.36. The first kappa shape index (κ1) is 24.1. The van der Waals surface area contributed by atoms with Crippen LogP contribution in [0.3, 0.4) is 0 Å². The molecule has 1 aliphatic carbocycles. The topological polar surface area (TPSA) is 87.2 Å². The molecule has 2 aliphatic rings. The number of hydrogen-bond acceptors (Lipinski definition) is 5. The van der Waals surface area contributed by atoms with Crippen LogP contribution in [0.15, 0.2) is 96.3 Å². The molecule has 0 bridgehead atoms. The molecule has 0 spiro atoms. The van der Waals surface area contributed by atoms with Crippen LogP contribution in [-0.2, 0) is 24.3 Å². The third-order valence-electron chi connectivity index (χ3n) is 6.67. The average Bonchev–Trinajstić information content (AvgIpc) is 3.38. The van der Waals surface area contributed by atoms with Crippen molar-refractivity contribution >= 4 is 11.6 Å². The molecule has 7 nitrogen and oxygen atoms in total. The molecule has 0 saturated heterocycles. The predicted octanol–water partition coefficient (Wildman–Crippen LogP) is 4.20. The number of rotatable bonds is 8. The van der Waals surface area contributed by atoms with Gasteiger partial charge in [-0.05, 0) is 42.7 Å². The molecule has 1 amide bonds. The van der Waals surface area contributed by atoms with Gasteiger partial charge in [-0.3, -0.25) is 9.79 Å². The summed E-state index contributed by atoms with van der Waals surface area (Å²) in [5.74, 6) is 0.774. The molecule has 1 aliphatic heterocycles. The quantitative estimate of drug-likeness (QED) is 0.476. The number of aliphatic imine (C=N–C) groups is 1. The number of aromatic nitrogens is 3. The first-order valence-electron chi connectivity index (χ1n) is 12.4. The number of carbonyl (C=O) groups is 1. The van der Waals surface area contributed by atoms with Crippen molar-refractivity contribution in [2.24, 2.45) is 10.9 Å². The van der Waals surface area contributed by atoms with Gasteiger partial charge in [0.05, 0.1) is 30.8 Å². The van der Waals surface area contributed by atoms with Crippen LogP contribution in [0.2, 0.25) is 0 Å². The lowest BCUT2D eigenvalue weighted by atomic mass is 9.92. The van der Waals surface area contributed by atoms with Crippen molar-refractivity contribution in [3.8, 4) is 6.07 Å². The zero-order valence-electron chi connectivity index (χ0n) is 20.7. The molecule has 1 aromatic heterocycles. The van der Waals surface area contributed by atoms with E-state index in [4.69, 9.17) is 10.3 Å². The predicted molar refractivity (Wildman–Crippen MR) is 143 cm³/mol. The summed E-state index contributed by atoms with van der Waals surface area (Å²) >= 11 is 0. The minimum atomic E-state index is -0.113. The largest absolute Gasteiger partial charge is 0.329 e. The fourth-order valence-corrected chi connectivity index (χ4v) is 4.47. The first-order valence-corrected chi connectivity index (χ1v) is 12.4. The second-order valence-corrected chi connectivity index (χ2v) is 9.36. The van der Waals surface area contributed by atoms with E-state index in [0.29, 0.717) is 36.7 Å². The zero-order valence-corrected chi connectivity index (χ0v) is 20.7. The number of fused-ring (bicyclic) bond motifs is 1. The smallest absolute Gasteiger partial charge is 0.272 e. The van der Waals surface area contributed by atoms with Gasteiger partial charge in [-0.25, -0.2) is 0 Å². The fraction of sp³-hybridized carbons (Fsp3) is 0.233. The third kappa shape index (κ3) is 5.81. The molecule has 3 aromatic rings. The fourth-order valence-electron chi connectivity index (χ4n) is 4.47. The Kier molecular flexibility index (Phi) is 7.18. The molecule has 0 fully saturated rings.